The number of hydrogen-bond acceptors (Lipinski definition) is 5. The molecule has 98 valence electrons. The zero-order valence-corrected chi connectivity index (χ0v) is 11.1. The van der Waals surface area contributed by atoms with E-state index < -0.39 is 4.92 Å². The Morgan fingerprint density at radius 3 is 2.37 bits per heavy atom. The van der Waals surface area contributed by atoms with Gasteiger partial charge in [-0.3, -0.25) is 10.1 Å². The minimum absolute atomic E-state index is 0.0638. The van der Waals surface area contributed by atoms with E-state index in [9.17, 15) is 10.1 Å². The molecule has 0 aliphatic rings. The number of aryl methyl sites for hydroxylation is 1. The summed E-state index contributed by atoms with van der Waals surface area (Å²) in [6, 6.07) is 9.93. The molecule has 0 spiro atoms. The summed E-state index contributed by atoms with van der Waals surface area (Å²) in [5.74, 6) is 0. The minimum atomic E-state index is -0.428. The fourth-order valence-electron chi connectivity index (χ4n) is 1.69. The number of non-ortho nitro benzene ring substituents is 1. The number of nitrogens with zero attached hydrogens (tertiary/aromatic N) is 1. The number of anilines is 3. The van der Waals surface area contributed by atoms with Crippen LogP contribution in [0.3, 0.4) is 0 Å². The van der Waals surface area contributed by atoms with Crippen molar-refractivity contribution >= 4 is 35.4 Å². The fourth-order valence-corrected chi connectivity index (χ4v) is 2.00. The molecule has 3 N–H and O–H groups in total. The number of hydrogen-bond donors (Lipinski definition) is 3. The average Bonchev–Trinajstić information content (AvgIpc) is 2.36. The normalized spacial score (nSPS) is 10.2. The maximum absolute atomic E-state index is 10.6. The summed E-state index contributed by atoms with van der Waals surface area (Å²) < 4.78 is 0. The van der Waals surface area contributed by atoms with Gasteiger partial charge in [0, 0.05) is 34.1 Å². The predicted molar refractivity (Wildman–Crippen MR) is 79.2 cm³/mol. The molecule has 0 amide bonds. The molecule has 0 radical (unpaired) electrons. The SMILES string of the molecule is Cc1cc(Nc2ccc([N+](=O)[O-])cc2)cc(S)c1N. The first-order chi connectivity index (χ1) is 8.97. The standard InChI is InChI=1S/C13H13N3O2S/c1-8-6-10(7-12(19)13(8)14)15-9-2-4-11(5-3-9)16(17)18/h2-7,15,19H,14H2,1H3. The Morgan fingerprint density at radius 1 is 1.21 bits per heavy atom. The van der Waals surface area contributed by atoms with Crippen LogP contribution in [0.1, 0.15) is 5.56 Å². The second-order valence-corrected chi connectivity index (χ2v) is 4.64. The first kappa shape index (κ1) is 13.2. The monoisotopic (exact) mass is 275 g/mol. The Bertz CT molecular complexity index is 603. The topological polar surface area (TPSA) is 81.2 Å². The molecule has 0 saturated carbocycles. The highest BCUT2D eigenvalue weighted by atomic mass is 32.1. The number of nitrogens with one attached hydrogen (secondary N) is 1. The number of nitrogen functional groups attached to an aromatic ring is 1. The van der Waals surface area contributed by atoms with Crippen molar-refractivity contribution in [3.63, 3.8) is 0 Å². The van der Waals surface area contributed by atoms with Crippen LogP contribution in [-0.4, -0.2) is 4.92 Å². The van der Waals surface area contributed by atoms with E-state index >= 15 is 0 Å². The summed E-state index contributed by atoms with van der Waals surface area (Å²) in [5.41, 5.74) is 9.06. The lowest BCUT2D eigenvalue weighted by Gasteiger charge is -2.10. The molecule has 0 saturated heterocycles. The number of nitro groups is 1. The van der Waals surface area contributed by atoms with Gasteiger partial charge in [-0.2, -0.15) is 0 Å². The van der Waals surface area contributed by atoms with Gasteiger partial charge < -0.3 is 11.1 Å². The Balaban J connectivity index is 2.24. The largest absolute Gasteiger partial charge is 0.398 e. The summed E-state index contributed by atoms with van der Waals surface area (Å²) >= 11 is 4.29. The summed E-state index contributed by atoms with van der Waals surface area (Å²) in [6.07, 6.45) is 0. The third kappa shape index (κ3) is 2.97. The molecule has 2 aromatic rings. The lowest BCUT2D eigenvalue weighted by molar-refractivity contribution is -0.384. The van der Waals surface area contributed by atoms with E-state index in [0.717, 1.165) is 16.9 Å². The first-order valence-corrected chi connectivity index (χ1v) is 6.02. The van der Waals surface area contributed by atoms with E-state index in [1.807, 2.05) is 19.1 Å². The molecule has 0 unspecified atom stereocenters. The van der Waals surface area contributed by atoms with E-state index in [1.54, 1.807) is 12.1 Å². The van der Waals surface area contributed by atoms with Gasteiger partial charge in [-0.15, -0.1) is 12.6 Å². The zero-order valence-electron chi connectivity index (χ0n) is 10.3. The minimum Gasteiger partial charge on any atom is -0.398 e. The quantitative estimate of drug-likeness (QED) is 0.346. The van der Waals surface area contributed by atoms with Gasteiger partial charge in [-0.1, -0.05) is 0 Å². The molecule has 19 heavy (non-hydrogen) atoms. The molecular formula is C13H13N3O2S. The predicted octanol–water partition coefficient (Wildman–Crippen LogP) is 3.52. The number of nitrogens with two attached hydrogens (primary N) is 1. The van der Waals surface area contributed by atoms with Crippen LogP contribution in [0.2, 0.25) is 0 Å². The summed E-state index contributed by atoms with van der Waals surface area (Å²) in [5, 5.41) is 13.7. The van der Waals surface area contributed by atoms with Crippen molar-refractivity contribution in [1.82, 2.24) is 0 Å². The highest BCUT2D eigenvalue weighted by molar-refractivity contribution is 7.80. The summed E-state index contributed by atoms with van der Waals surface area (Å²) in [6.45, 7) is 1.90. The van der Waals surface area contributed by atoms with Gasteiger partial charge >= 0.3 is 0 Å². The molecule has 6 heteroatoms. The van der Waals surface area contributed by atoms with Crippen LogP contribution in [0.25, 0.3) is 0 Å². The van der Waals surface area contributed by atoms with Crippen LogP contribution in [-0.2, 0) is 0 Å². The van der Waals surface area contributed by atoms with Crippen molar-refractivity contribution in [3.05, 3.63) is 52.1 Å². The van der Waals surface area contributed by atoms with E-state index in [0.29, 0.717) is 10.6 Å². The molecule has 2 aromatic carbocycles. The van der Waals surface area contributed by atoms with Gasteiger partial charge in [0.2, 0.25) is 0 Å². The van der Waals surface area contributed by atoms with E-state index in [-0.39, 0.29) is 5.69 Å². The van der Waals surface area contributed by atoms with Crippen molar-refractivity contribution in [2.24, 2.45) is 0 Å². The van der Waals surface area contributed by atoms with Crippen LogP contribution in [0.5, 0.6) is 0 Å². The highest BCUT2D eigenvalue weighted by Crippen LogP contribution is 2.28. The van der Waals surface area contributed by atoms with Gasteiger partial charge in [0.05, 0.1) is 4.92 Å². The van der Waals surface area contributed by atoms with Gasteiger partial charge in [-0.05, 0) is 36.8 Å². The van der Waals surface area contributed by atoms with E-state index in [4.69, 9.17) is 5.73 Å². The van der Waals surface area contributed by atoms with Gasteiger partial charge in [0.25, 0.3) is 5.69 Å². The summed E-state index contributed by atoms with van der Waals surface area (Å²) in [4.78, 5) is 10.8. The third-order valence-corrected chi connectivity index (χ3v) is 3.10. The van der Waals surface area contributed by atoms with Crippen molar-refractivity contribution in [2.45, 2.75) is 11.8 Å². The van der Waals surface area contributed by atoms with Gasteiger partial charge in [-0.25, -0.2) is 0 Å². The third-order valence-electron chi connectivity index (χ3n) is 2.73. The summed E-state index contributed by atoms with van der Waals surface area (Å²) in [7, 11) is 0. The van der Waals surface area contributed by atoms with Gasteiger partial charge in [0.15, 0.2) is 0 Å². The number of rotatable bonds is 3. The van der Waals surface area contributed by atoms with Gasteiger partial charge in [0.1, 0.15) is 0 Å². The van der Waals surface area contributed by atoms with E-state index in [1.165, 1.54) is 12.1 Å². The number of benzene rings is 2. The molecule has 0 aliphatic carbocycles. The van der Waals surface area contributed by atoms with Crippen molar-refractivity contribution in [2.75, 3.05) is 11.1 Å². The first-order valence-electron chi connectivity index (χ1n) is 5.58. The number of thiol groups is 1. The molecule has 2 rings (SSSR count). The van der Waals surface area contributed by atoms with E-state index in [2.05, 4.69) is 17.9 Å². The number of nitro benzene ring substituents is 1. The Morgan fingerprint density at radius 2 is 1.84 bits per heavy atom. The molecule has 0 bridgehead atoms. The van der Waals surface area contributed by atoms with Crippen molar-refractivity contribution < 1.29 is 4.92 Å². The Hall–Kier alpha value is -2.21. The maximum atomic E-state index is 10.6. The van der Waals surface area contributed by atoms with Crippen molar-refractivity contribution in [1.29, 1.82) is 0 Å². The zero-order chi connectivity index (χ0) is 14.0. The second kappa shape index (κ2) is 5.19. The molecule has 5 nitrogen and oxygen atoms in total. The fraction of sp³-hybridized carbons (Fsp3) is 0.0769. The average molecular weight is 275 g/mol. The smallest absolute Gasteiger partial charge is 0.269 e. The van der Waals surface area contributed by atoms with Crippen LogP contribution in [0.4, 0.5) is 22.7 Å². The molecular weight excluding hydrogens is 262 g/mol. The molecule has 0 heterocycles. The van der Waals surface area contributed by atoms with Crippen LogP contribution >= 0.6 is 12.6 Å². The molecule has 0 atom stereocenters. The second-order valence-electron chi connectivity index (χ2n) is 4.15. The van der Waals surface area contributed by atoms with Crippen LogP contribution in [0.15, 0.2) is 41.3 Å². The molecule has 0 fully saturated rings. The highest BCUT2D eigenvalue weighted by Gasteiger charge is 2.05. The van der Waals surface area contributed by atoms with Crippen LogP contribution < -0.4 is 11.1 Å². The lowest BCUT2D eigenvalue weighted by atomic mass is 10.1. The van der Waals surface area contributed by atoms with Crippen molar-refractivity contribution in [3.8, 4) is 0 Å². The Labute approximate surface area is 116 Å². The van der Waals surface area contributed by atoms with Crippen LogP contribution in [0, 0.1) is 17.0 Å². The lowest BCUT2D eigenvalue weighted by Crippen LogP contribution is -1.96. The molecule has 0 aliphatic heterocycles. The maximum Gasteiger partial charge on any atom is 0.269 e. The molecule has 0 aromatic heterocycles. The Kier molecular flexibility index (Phi) is 3.62.